The van der Waals surface area contributed by atoms with Gasteiger partial charge in [0.25, 0.3) is 0 Å². The Bertz CT molecular complexity index is 972. The summed E-state index contributed by atoms with van der Waals surface area (Å²) in [6.07, 6.45) is 3.00. The van der Waals surface area contributed by atoms with Crippen LogP contribution in [0.5, 0.6) is 0 Å². The van der Waals surface area contributed by atoms with Crippen molar-refractivity contribution in [3.05, 3.63) is 71.4 Å². The Morgan fingerprint density at radius 3 is 2.67 bits per heavy atom. The van der Waals surface area contributed by atoms with E-state index in [1.807, 2.05) is 37.3 Å². The maximum Gasteiger partial charge on any atom is 0.191 e. The van der Waals surface area contributed by atoms with E-state index in [0.717, 1.165) is 31.0 Å². The number of benzene rings is 2. The smallest absolute Gasteiger partial charge is 0.191 e. The second kappa shape index (κ2) is 12.7. The molecule has 7 heteroatoms. The van der Waals surface area contributed by atoms with Crippen LogP contribution in [-0.2, 0) is 23.0 Å². The quantitative estimate of drug-likeness (QED) is 0.218. The summed E-state index contributed by atoms with van der Waals surface area (Å²) in [5, 5.41) is 7.93. The summed E-state index contributed by atoms with van der Waals surface area (Å²) < 4.78 is 12.3. The number of halogens is 1. The third kappa shape index (κ3) is 7.12. The van der Waals surface area contributed by atoms with Crippen LogP contribution in [0.3, 0.4) is 0 Å². The van der Waals surface area contributed by atoms with Crippen molar-refractivity contribution in [3.8, 4) is 0 Å². The van der Waals surface area contributed by atoms with E-state index in [4.69, 9.17) is 0 Å². The molecular weight excluding hydrogens is 507 g/mol. The van der Waals surface area contributed by atoms with Gasteiger partial charge in [-0.1, -0.05) is 48.5 Å². The second-order valence-electron chi connectivity index (χ2n) is 7.02. The van der Waals surface area contributed by atoms with Gasteiger partial charge in [-0.15, -0.1) is 24.0 Å². The number of aliphatic imine (C=N–C) groups is 1. The first-order chi connectivity index (χ1) is 14.2. The Morgan fingerprint density at radius 2 is 1.90 bits per heavy atom. The van der Waals surface area contributed by atoms with E-state index in [2.05, 4.69) is 51.9 Å². The molecule has 0 saturated heterocycles. The van der Waals surface area contributed by atoms with Gasteiger partial charge >= 0.3 is 0 Å². The number of H-pyrrole nitrogens is 1. The van der Waals surface area contributed by atoms with Gasteiger partial charge in [-0.25, -0.2) is 0 Å². The molecule has 2 aromatic carbocycles. The van der Waals surface area contributed by atoms with Gasteiger partial charge in [0.05, 0.1) is 6.54 Å². The molecule has 0 bridgehead atoms. The Hall–Kier alpha value is -1.87. The fraction of sp³-hybridized carbons (Fsp3) is 0.348. The zero-order valence-corrected chi connectivity index (χ0v) is 20.8. The number of rotatable bonds is 9. The molecular formula is C23H31IN4OS. The number of hydrogen-bond acceptors (Lipinski definition) is 2. The Labute approximate surface area is 198 Å². The lowest BCUT2D eigenvalue weighted by molar-refractivity contribution is 0.682. The highest BCUT2D eigenvalue weighted by molar-refractivity contribution is 14.0. The van der Waals surface area contributed by atoms with Crippen LogP contribution in [0.25, 0.3) is 10.9 Å². The molecule has 0 aliphatic carbocycles. The first-order valence-electron chi connectivity index (χ1n) is 10.1. The predicted octanol–water partition coefficient (Wildman–Crippen LogP) is 4.14. The minimum absolute atomic E-state index is 0. The fourth-order valence-corrected chi connectivity index (χ4v) is 4.32. The number of aromatic nitrogens is 1. The molecule has 3 aromatic rings. The van der Waals surface area contributed by atoms with Crippen molar-refractivity contribution in [3.63, 3.8) is 0 Å². The molecule has 0 spiro atoms. The molecule has 0 saturated carbocycles. The summed E-state index contributed by atoms with van der Waals surface area (Å²) >= 11 is 0. The van der Waals surface area contributed by atoms with Gasteiger partial charge in [0.2, 0.25) is 0 Å². The number of aryl methyl sites for hydroxylation is 1. The van der Waals surface area contributed by atoms with E-state index >= 15 is 0 Å². The summed E-state index contributed by atoms with van der Waals surface area (Å²) in [5.41, 5.74) is 4.88. The number of nitrogens with zero attached hydrogens (tertiary/aromatic N) is 1. The van der Waals surface area contributed by atoms with E-state index in [1.54, 1.807) is 0 Å². The van der Waals surface area contributed by atoms with Gasteiger partial charge in [0, 0.05) is 52.5 Å². The van der Waals surface area contributed by atoms with Gasteiger partial charge in [-0.2, -0.15) is 0 Å². The SMILES string of the molecule is CCNC(=NCCS(=O)Cc1ccccc1)NCCc1c[nH]c2c(C)cccc12.I. The van der Waals surface area contributed by atoms with Gasteiger partial charge in [-0.3, -0.25) is 9.20 Å². The number of guanidine groups is 1. The van der Waals surface area contributed by atoms with Gasteiger partial charge < -0.3 is 15.6 Å². The molecule has 1 unspecified atom stereocenters. The molecule has 0 aliphatic rings. The fourth-order valence-electron chi connectivity index (χ4n) is 3.32. The zero-order chi connectivity index (χ0) is 20.5. The largest absolute Gasteiger partial charge is 0.361 e. The van der Waals surface area contributed by atoms with Crippen molar-refractivity contribution in [2.45, 2.75) is 26.0 Å². The maximum absolute atomic E-state index is 12.3. The number of nitrogens with one attached hydrogen (secondary N) is 3. The second-order valence-corrected chi connectivity index (χ2v) is 8.60. The molecule has 0 radical (unpaired) electrons. The standard InChI is InChI=1S/C23H30N4OS.HI/c1-3-24-23(26-14-15-29(28)17-19-9-5-4-6-10-19)25-13-12-20-16-27-22-18(2)8-7-11-21(20)22;/h4-11,16,27H,3,12-15,17H2,1-2H3,(H2,24,25,26);1H. The summed E-state index contributed by atoms with van der Waals surface area (Å²) in [7, 11) is -0.906. The molecule has 0 aliphatic heterocycles. The number of hydrogen-bond donors (Lipinski definition) is 3. The maximum atomic E-state index is 12.3. The van der Waals surface area contributed by atoms with E-state index < -0.39 is 10.8 Å². The molecule has 1 aromatic heterocycles. The van der Waals surface area contributed by atoms with Gasteiger partial charge in [0.1, 0.15) is 0 Å². The Balaban J connectivity index is 0.00000320. The van der Waals surface area contributed by atoms with Crippen LogP contribution in [0, 0.1) is 6.92 Å². The first kappa shape index (κ1) is 24.4. The Morgan fingerprint density at radius 1 is 1.10 bits per heavy atom. The highest BCUT2D eigenvalue weighted by Gasteiger charge is 2.06. The topological polar surface area (TPSA) is 69.3 Å². The molecule has 5 nitrogen and oxygen atoms in total. The van der Waals surface area contributed by atoms with Crippen LogP contribution >= 0.6 is 24.0 Å². The molecule has 0 amide bonds. The molecule has 1 heterocycles. The van der Waals surface area contributed by atoms with Crippen molar-refractivity contribution < 1.29 is 4.21 Å². The van der Waals surface area contributed by atoms with Crippen LogP contribution < -0.4 is 10.6 Å². The third-order valence-electron chi connectivity index (χ3n) is 4.80. The van der Waals surface area contributed by atoms with Crippen LogP contribution in [0.4, 0.5) is 0 Å². The molecule has 30 heavy (non-hydrogen) atoms. The average molecular weight is 538 g/mol. The highest BCUT2D eigenvalue weighted by atomic mass is 127. The minimum atomic E-state index is -0.906. The normalized spacial score (nSPS) is 12.4. The first-order valence-corrected chi connectivity index (χ1v) is 11.6. The number of aromatic amines is 1. The van der Waals surface area contributed by atoms with Crippen LogP contribution in [-0.4, -0.2) is 40.5 Å². The summed E-state index contributed by atoms with van der Waals surface area (Å²) in [4.78, 5) is 7.96. The Kier molecular flexibility index (Phi) is 10.4. The lowest BCUT2D eigenvalue weighted by Gasteiger charge is -2.11. The monoisotopic (exact) mass is 538 g/mol. The molecule has 3 N–H and O–H groups in total. The van der Waals surface area contributed by atoms with E-state index in [0.29, 0.717) is 18.1 Å². The molecule has 3 rings (SSSR count). The van der Waals surface area contributed by atoms with Crippen LogP contribution in [0.2, 0.25) is 0 Å². The third-order valence-corrected chi connectivity index (χ3v) is 6.09. The van der Waals surface area contributed by atoms with E-state index in [1.165, 1.54) is 22.0 Å². The van der Waals surface area contributed by atoms with Crippen LogP contribution in [0.1, 0.15) is 23.6 Å². The molecule has 0 fully saturated rings. The van der Waals surface area contributed by atoms with E-state index in [9.17, 15) is 4.21 Å². The zero-order valence-electron chi connectivity index (χ0n) is 17.6. The number of para-hydroxylation sites is 1. The van der Waals surface area contributed by atoms with E-state index in [-0.39, 0.29) is 24.0 Å². The highest BCUT2D eigenvalue weighted by Crippen LogP contribution is 2.21. The van der Waals surface area contributed by atoms with Crippen molar-refractivity contribution in [1.82, 2.24) is 15.6 Å². The van der Waals surface area contributed by atoms with Crippen LogP contribution in [0.15, 0.2) is 59.7 Å². The lowest BCUT2D eigenvalue weighted by Crippen LogP contribution is -2.38. The molecule has 1 atom stereocenters. The summed E-state index contributed by atoms with van der Waals surface area (Å²) in [5.74, 6) is 1.92. The minimum Gasteiger partial charge on any atom is -0.361 e. The predicted molar refractivity (Wildman–Crippen MR) is 139 cm³/mol. The summed E-state index contributed by atoms with van der Waals surface area (Å²) in [6, 6.07) is 16.3. The summed E-state index contributed by atoms with van der Waals surface area (Å²) in [6.45, 7) is 6.30. The van der Waals surface area contributed by atoms with Crippen molar-refractivity contribution in [2.75, 3.05) is 25.4 Å². The molecule has 162 valence electrons. The van der Waals surface area contributed by atoms with Crippen molar-refractivity contribution >= 4 is 51.6 Å². The van der Waals surface area contributed by atoms with Gasteiger partial charge in [0.15, 0.2) is 5.96 Å². The van der Waals surface area contributed by atoms with Gasteiger partial charge in [-0.05, 0) is 37.0 Å². The van der Waals surface area contributed by atoms with Crippen molar-refractivity contribution in [2.24, 2.45) is 4.99 Å². The van der Waals surface area contributed by atoms with Crippen molar-refractivity contribution in [1.29, 1.82) is 0 Å². The lowest BCUT2D eigenvalue weighted by atomic mass is 10.1. The average Bonchev–Trinajstić information content (AvgIpc) is 3.13. The number of fused-ring (bicyclic) bond motifs is 1.